The predicted octanol–water partition coefficient (Wildman–Crippen LogP) is 2.12. The lowest BCUT2D eigenvalue weighted by Gasteiger charge is -2.12. The Hall–Kier alpha value is -1.61. The van der Waals surface area contributed by atoms with Crippen LogP contribution >= 0.6 is 0 Å². The molecule has 0 aliphatic rings. The Morgan fingerprint density at radius 2 is 2.00 bits per heavy atom. The molecule has 0 aliphatic carbocycles. The molecule has 3 heteroatoms. The van der Waals surface area contributed by atoms with Gasteiger partial charge in [-0.15, -0.1) is 0 Å². The maximum Gasteiger partial charge on any atom is 0.123 e. The number of aliphatic hydroxyl groups is 1. The summed E-state index contributed by atoms with van der Waals surface area (Å²) in [5, 5.41) is 14.4. The van der Waals surface area contributed by atoms with E-state index in [0.29, 0.717) is 5.69 Å². The molecule has 0 fully saturated rings. The largest absolute Gasteiger partial charge is 0.382 e. The van der Waals surface area contributed by atoms with E-state index in [1.165, 1.54) is 5.56 Å². The van der Waals surface area contributed by atoms with Crippen molar-refractivity contribution in [1.82, 2.24) is 9.78 Å². The maximum absolute atomic E-state index is 10.2. The molecule has 0 bridgehead atoms. The fourth-order valence-electron chi connectivity index (χ4n) is 1.87. The summed E-state index contributed by atoms with van der Waals surface area (Å²) in [6, 6.07) is 7.88. The summed E-state index contributed by atoms with van der Waals surface area (Å²) in [7, 11) is 1.85. The van der Waals surface area contributed by atoms with Crippen LogP contribution in [-0.4, -0.2) is 14.9 Å². The minimum absolute atomic E-state index is 0.637. The van der Waals surface area contributed by atoms with E-state index in [-0.39, 0.29) is 0 Å². The zero-order valence-corrected chi connectivity index (χ0v) is 9.81. The van der Waals surface area contributed by atoms with Gasteiger partial charge in [-0.25, -0.2) is 0 Å². The second kappa shape index (κ2) is 4.10. The summed E-state index contributed by atoms with van der Waals surface area (Å²) >= 11 is 0. The van der Waals surface area contributed by atoms with E-state index in [4.69, 9.17) is 0 Å². The molecule has 1 aromatic heterocycles. The van der Waals surface area contributed by atoms with E-state index in [1.54, 1.807) is 4.68 Å². The van der Waals surface area contributed by atoms with Gasteiger partial charge in [-0.05, 0) is 31.0 Å². The molecule has 1 atom stereocenters. The molecule has 0 saturated heterocycles. The first kappa shape index (κ1) is 10.9. The van der Waals surface area contributed by atoms with Gasteiger partial charge in [0.2, 0.25) is 0 Å². The van der Waals surface area contributed by atoms with Gasteiger partial charge in [0.1, 0.15) is 6.10 Å². The van der Waals surface area contributed by atoms with Gasteiger partial charge in [-0.3, -0.25) is 4.68 Å². The molecule has 2 aromatic rings. The number of nitrogens with zero attached hydrogens (tertiary/aromatic N) is 2. The van der Waals surface area contributed by atoms with Gasteiger partial charge in [0.05, 0.1) is 5.69 Å². The zero-order chi connectivity index (χ0) is 11.7. The number of benzene rings is 1. The van der Waals surface area contributed by atoms with Crippen LogP contribution in [0.4, 0.5) is 0 Å². The molecule has 3 nitrogen and oxygen atoms in total. The smallest absolute Gasteiger partial charge is 0.123 e. The summed E-state index contributed by atoms with van der Waals surface area (Å²) in [5.41, 5.74) is 3.91. The van der Waals surface area contributed by atoms with Crippen LogP contribution < -0.4 is 0 Å². The molecule has 1 N–H and O–H groups in total. The molecule has 0 amide bonds. The predicted molar refractivity (Wildman–Crippen MR) is 63.2 cm³/mol. The highest BCUT2D eigenvalue weighted by Crippen LogP contribution is 2.23. The SMILES string of the molecule is Cc1ccc(C(O)c2ccn(C)n2)c(C)c1. The number of aliphatic hydroxyl groups excluding tert-OH is 1. The standard InChI is InChI=1S/C13H16N2O/c1-9-4-5-11(10(2)8-9)13(16)12-6-7-15(3)14-12/h4-8,13,16H,1-3H3. The second-order valence-corrected chi connectivity index (χ2v) is 4.18. The summed E-state index contributed by atoms with van der Waals surface area (Å²) in [5.74, 6) is 0. The van der Waals surface area contributed by atoms with E-state index < -0.39 is 6.10 Å². The normalized spacial score (nSPS) is 12.8. The summed E-state index contributed by atoms with van der Waals surface area (Å²) in [4.78, 5) is 0. The fraction of sp³-hybridized carbons (Fsp3) is 0.308. The molecule has 2 rings (SSSR count). The van der Waals surface area contributed by atoms with E-state index in [0.717, 1.165) is 11.1 Å². The van der Waals surface area contributed by atoms with Crippen molar-refractivity contribution >= 4 is 0 Å². The lowest BCUT2D eigenvalue weighted by atomic mass is 9.99. The third kappa shape index (κ3) is 1.99. The highest BCUT2D eigenvalue weighted by atomic mass is 16.3. The Morgan fingerprint density at radius 1 is 1.25 bits per heavy atom. The van der Waals surface area contributed by atoms with Crippen molar-refractivity contribution in [3.63, 3.8) is 0 Å². The first-order valence-electron chi connectivity index (χ1n) is 5.32. The highest BCUT2D eigenvalue weighted by Gasteiger charge is 2.14. The van der Waals surface area contributed by atoms with E-state index in [9.17, 15) is 5.11 Å². The topological polar surface area (TPSA) is 38.0 Å². The molecule has 1 unspecified atom stereocenters. The van der Waals surface area contributed by atoms with Crippen molar-refractivity contribution in [2.75, 3.05) is 0 Å². The Bertz CT molecular complexity index is 502. The monoisotopic (exact) mass is 216 g/mol. The number of rotatable bonds is 2. The van der Waals surface area contributed by atoms with Crippen molar-refractivity contribution in [2.45, 2.75) is 20.0 Å². The van der Waals surface area contributed by atoms with Crippen molar-refractivity contribution in [1.29, 1.82) is 0 Å². The first-order valence-corrected chi connectivity index (χ1v) is 5.32. The molecule has 0 radical (unpaired) electrons. The van der Waals surface area contributed by atoms with Crippen LogP contribution in [0.5, 0.6) is 0 Å². The van der Waals surface area contributed by atoms with E-state index in [2.05, 4.69) is 11.2 Å². The molecule has 16 heavy (non-hydrogen) atoms. The number of hydrogen-bond donors (Lipinski definition) is 1. The maximum atomic E-state index is 10.2. The fourth-order valence-corrected chi connectivity index (χ4v) is 1.87. The number of aromatic nitrogens is 2. The van der Waals surface area contributed by atoms with E-state index >= 15 is 0 Å². The molecule has 84 valence electrons. The molecule has 0 saturated carbocycles. The number of hydrogen-bond acceptors (Lipinski definition) is 2. The van der Waals surface area contributed by atoms with Gasteiger partial charge in [0.25, 0.3) is 0 Å². The molecule has 0 aliphatic heterocycles. The Labute approximate surface area is 95.3 Å². The molecule has 0 spiro atoms. The number of aryl methyl sites for hydroxylation is 3. The Kier molecular flexibility index (Phi) is 2.79. The Balaban J connectivity index is 2.37. The van der Waals surface area contributed by atoms with Gasteiger partial charge >= 0.3 is 0 Å². The van der Waals surface area contributed by atoms with Gasteiger partial charge in [-0.1, -0.05) is 23.8 Å². The molecular weight excluding hydrogens is 200 g/mol. The van der Waals surface area contributed by atoms with Crippen molar-refractivity contribution in [3.8, 4) is 0 Å². The molecule has 1 heterocycles. The lowest BCUT2D eigenvalue weighted by Crippen LogP contribution is -2.04. The minimum Gasteiger partial charge on any atom is -0.382 e. The van der Waals surface area contributed by atoms with Gasteiger partial charge in [0.15, 0.2) is 0 Å². The second-order valence-electron chi connectivity index (χ2n) is 4.18. The van der Waals surface area contributed by atoms with Gasteiger partial charge in [-0.2, -0.15) is 5.10 Å². The average Bonchev–Trinajstić information content (AvgIpc) is 2.64. The van der Waals surface area contributed by atoms with Crippen LogP contribution in [0.25, 0.3) is 0 Å². The van der Waals surface area contributed by atoms with Crippen LogP contribution in [0.3, 0.4) is 0 Å². The van der Waals surface area contributed by atoms with Crippen LogP contribution in [0.2, 0.25) is 0 Å². The zero-order valence-electron chi connectivity index (χ0n) is 9.81. The highest BCUT2D eigenvalue weighted by molar-refractivity contribution is 5.35. The third-order valence-corrected chi connectivity index (χ3v) is 2.73. The first-order chi connectivity index (χ1) is 7.58. The summed E-state index contributed by atoms with van der Waals surface area (Å²) < 4.78 is 1.70. The Morgan fingerprint density at radius 3 is 2.56 bits per heavy atom. The van der Waals surface area contributed by atoms with Crippen molar-refractivity contribution in [2.24, 2.45) is 7.05 Å². The molecular formula is C13H16N2O. The minimum atomic E-state index is -0.637. The summed E-state index contributed by atoms with van der Waals surface area (Å²) in [6.07, 6.45) is 1.20. The van der Waals surface area contributed by atoms with Crippen LogP contribution in [0.1, 0.15) is 28.5 Å². The summed E-state index contributed by atoms with van der Waals surface area (Å²) in [6.45, 7) is 4.05. The van der Waals surface area contributed by atoms with Crippen molar-refractivity contribution < 1.29 is 5.11 Å². The molecule has 1 aromatic carbocycles. The lowest BCUT2D eigenvalue weighted by molar-refractivity contribution is 0.213. The quantitative estimate of drug-likeness (QED) is 0.835. The van der Waals surface area contributed by atoms with Crippen LogP contribution in [0, 0.1) is 13.8 Å². The van der Waals surface area contributed by atoms with Crippen LogP contribution in [0.15, 0.2) is 30.5 Å². The van der Waals surface area contributed by atoms with Crippen LogP contribution in [-0.2, 0) is 7.05 Å². The third-order valence-electron chi connectivity index (χ3n) is 2.73. The van der Waals surface area contributed by atoms with E-state index in [1.807, 2.05) is 45.3 Å². The van der Waals surface area contributed by atoms with Crippen molar-refractivity contribution in [3.05, 3.63) is 52.8 Å². The van der Waals surface area contributed by atoms with Gasteiger partial charge in [0, 0.05) is 13.2 Å². The average molecular weight is 216 g/mol. The van der Waals surface area contributed by atoms with Gasteiger partial charge < -0.3 is 5.11 Å².